The van der Waals surface area contributed by atoms with E-state index in [-0.39, 0.29) is 12.5 Å². The van der Waals surface area contributed by atoms with Gasteiger partial charge in [-0.1, -0.05) is 29.8 Å². The van der Waals surface area contributed by atoms with Gasteiger partial charge in [-0.25, -0.2) is 0 Å². The minimum atomic E-state index is -0.473. The zero-order chi connectivity index (χ0) is 17.8. The number of rotatable bonds is 6. The second-order valence-electron chi connectivity index (χ2n) is 6.02. The highest BCUT2D eigenvalue weighted by Gasteiger charge is 2.24. The van der Waals surface area contributed by atoms with Crippen LogP contribution in [0.5, 0.6) is 0 Å². The SMILES string of the molecule is NC(=O)c1c(NC(=O)CNCc2ccccc2Cl)sc2c1CCCC2. The third kappa shape index (κ3) is 4.21. The van der Waals surface area contributed by atoms with Crippen LogP contribution in [0.2, 0.25) is 5.02 Å². The Morgan fingerprint density at radius 1 is 1.20 bits per heavy atom. The number of nitrogens with one attached hydrogen (secondary N) is 2. The highest BCUT2D eigenvalue weighted by atomic mass is 35.5. The number of benzene rings is 1. The molecule has 0 atom stereocenters. The van der Waals surface area contributed by atoms with Crippen molar-refractivity contribution in [3.05, 3.63) is 50.9 Å². The van der Waals surface area contributed by atoms with Gasteiger partial charge in [-0.05, 0) is 42.9 Å². The fourth-order valence-electron chi connectivity index (χ4n) is 3.04. The molecule has 1 aliphatic rings. The van der Waals surface area contributed by atoms with Crippen molar-refractivity contribution in [3.63, 3.8) is 0 Å². The number of carbonyl (C=O) groups excluding carboxylic acids is 2. The van der Waals surface area contributed by atoms with Gasteiger partial charge in [-0.3, -0.25) is 9.59 Å². The highest BCUT2D eigenvalue weighted by molar-refractivity contribution is 7.17. The number of primary amides is 1. The molecule has 5 nitrogen and oxygen atoms in total. The largest absolute Gasteiger partial charge is 0.365 e. The van der Waals surface area contributed by atoms with Crippen LogP contribution in [-0.2, 0) is 24.2 Å². The van der Waals surface area contributed by atoms with Gasteiger partial charge >= 0.3 is 0 Å². The van der Waals surface area contributed by atoms with Gasteiger partial charge in [0.05, 0.1) is 12.1 Å². The number of anilines is 1. The molecule has 4 N–H and O–H groups in total. The zero-order valence-electron chi connectivity index (χ0n) is 13.7. The first-order chi connectivity index (χ1) is 12.1. The fourth-order valence-corrected chi connectivity index (χ4v) is 4.55. The second kappa shape index (κ2) is 7.99. The number of carbonyl (C=O) groups is 2. The van der Waals surface area contributed by atoms with Crippen LogP contribution in [0.1, 0.15) is 39.2 Å². The molecule has 2 amide bonds. The van der Waals surface area contributed by atoms with Crippen LogP contribution in [0.4, 0.5) is 5.00 Å². The lowest BCUT2D eigenvalue weighted by Gasteiger charge is -2.11. The van der Waals surface area contributed by atoms with E-state index in [1.807, 2.05) is 24.3 Å². The van der Waals surface area contributed by atoms with Gasteiger partial charge in [-0.2, -0.15) is 0 Å². The van der Waals surface area contributed by atoms with Crippen molar-refractivity contribution in [3.8, 4) is 0 Å². The van der Waals surface area contributed by atoms with Crippen LogP contribution in [0, 0.1) is 0 Å². The molecular formula is C18H20ClN3O2S. The summed E-state index contributed by atoms with van der Waals surface area (Å²) in [6, 6.07) is 7.49. The molecule has 7 heteroatoms. The molecule has 0 saturated carbocycles. The monoisotopic (exact) mass is 377 g/mol. The van der Waals surface area contributed by atoms with Crippen molar-refractivity contribution in [2.24, 2.45) is 5.73 Å². The third-order valence-corrected chi connectivity index (χ3v) is 5.81. The predicted octanol–water partition coefficient (Wildman–Crippen LogP) is 3.11. The van der Waals surface area contributed by atoms with Crippen molar-refractivity contribution in [2.75, 3.05) is 11.9 Å². The summed E-state index contributed by atoms with van der Waals surface area (Å²) in [7, 11) is 0. The third-order valence-electron chi connectivity index (χ3n) is 4.23. The highest BCUT2D eigenvalue weighted by Crippen LogP contribution is 2.37. The normalized spacial score (nSPS) is 13.3. The van der Waals surface area contributed by atoms with Crippen LogP contribution in [0.25, 0.3) is 0 Å². The van der Waals surface area contributed by atoms with Crippen molar-refractivity contribution in [2.45, 2.75) is 32.2 Å². The lowest BCUT2D eigenvalue weighted by Crippen LogP contribution is -2.28. The smallest absolute Gasteiger partial charge is 0.251 e. The molecule has 1 heterocycles. The summed E-state index contributed by atoms with van der Waals surface area (Å²) in [6.45, 7) is 0.628. The molecule has 0 bridgehead atoms. The van der Waals surface area contributed by atoms with E-state index in [0.29, 0.717) is 22.1 Å². The van der Waals surface area contributed by atoms with Gasteiger partial charge in [0, 0.05) is 16.4 Å². The van der Waals surface area contributed by atoms with Gasteiger partial charge in [-0.15, -0.1) is 11.3 Å². The molecule has 132 valence electrons. The van der Waals surface area contributed by atoms with E-state index in [2.05, 4.69) is 10.6 Å². The van der Waals surface area contributed by atoms with E-state index in [0.717, 1.165) is 36.8 Å². The molecule has 3 rings (SSSR count). The molecule has 0 radical (unpaired) electrons. The molecule has 1 aromatic heterocycles. The topological polar surface area (TPSA) is 84.2 Å². The predicted molar refractivity (Wildman–Crippen MR) is 101 cm³/mol. The average molecular weight is 378 g/mol. The maximum atomic E-state index is 12.2. The Balaban J connectivity index is 1.62. The Labute approximate surface area is 155 Å². The molecule has 2 aromatic rings. The molecule has 0 unspecified atom stereocenters. The average Bonchev–Trinajstić information content (AvgIpc) is 2.94. The number of hydrogen-bond donors (Lipinski definition) is 3. The van der Waals surface area contributed by atoms with Crippen LogP contribution in [0.3, 0.4) is 0 Å². The number of amides is 2. The van der Waals surface area contributed by atoms with Crippen molar-refractivity contribution in [1.82, 2.24) is 5.32 Å². The first-order valence-electron chi connectivity index (χ1n) is 8.24. The van der Waals surface area contributed by atoms with Gasteiger partial charge in [0.15, 0.2) is 0 Å². The van der Waals surface area contributed by atoms with Crippen molar-refractivity contribution < 1.29 is 9.59 Å². The van der Waals surface area contributed by atoms with Crippen LogP contribution < -0.4 is 16.4 Å². The summed E-state index contributed by atoms with van der Waals surface area (Å²) >= 11 is 7.56. The summed E-state index contributed by atoms with van der Waals surface area (Å²) in [4.78, 5) is 25.2. The van der Waals surface area contributed by atoms with Gasteiger partial charge in [0.1, 0.15) is 5.00 Å². The zero-order valence-corrected chi connectivity index (χ0v) is 15.3. The number of fused-ring (bicyclic) bond motifs is 1. The Kier molecular flexibility index (Phi) is 5.73. The first kappa shape index (κ1) is 17.9. The lowest BCUT2D eigenvalue weighted by molar-refractivity contribution is -0.115. The lowest BCUT2D eigenvalue weighted by atomic mass is 9.95. The van der Waals surface area contributed by atoms with E-state index in [9.17, 15) is 9.59 Å². The number of thiophene rings is 1. The van der Waals surface area contributed by atoms with E-state index in [1.54, 1.807) is 0 Å². The molecule has 1 aromatic carbocycles. The fraction of sp³-hybridized carbons (Fsp3) is 0.333. The van der Waals surface area contributed by atoms with Crippen molar-refractivity contribution in [1.29, 1.82) is 0 Å². The maximum Gasteiger partial charge on any atom is 0.251 e. The standard InChI is InChI=1S/C18H20ClN3O2S/c19-13-7-3-1-5-11(13)9-21-10-15(23)22-18-16(17(20)24)12-6-2-4-8-14(12)25-18/h1,3,5,7,21H,2,4,6,8-10H2,(H2,20,24)(H,22,23). The Hall–Kier alpha value is -1.89. The van der Waals surface area contributed by atoms with E-state index in [4.69, 9.17) is 17.3 Å². The molecular weight excluding hydrogens is 358 g/mol. The number of aryl methyl sites for hydroxylation is 1. The Morgan fingerprint density at radius 2 is 1.96 bits per heavy atom. The molecule has 0 aliphatic heterocycles. The summed E-state index contributed by atoms with van der Waals surface area (Å²) in [5.41, 5.74) is 7.97. The van der Waals surface area contributed by atoms with Gasteiger partial charge in [0.2, 0.25) is 5.91 Å². The Morgan fingerprint density at radius 3 is 2.72 bits per heavy atom. The number of hydrogen-bond acceptors (Lipinski definition) is 4. The second-order valence-corrected chi connectivity index (χ2v) is 7.53. The quantitative estimate of drug-likeness (QED) is 0.723. The number of halogens is 1. The summed E-state index contributed by atoms with van der Waals surface area (Å²) < 4.78 is 0. The summed E-state index contributed by atoms with van der Waals surface area (Å²) in [6.07, 6.45) is 3.96. The maximum absolute atomic E-state index is 12.2. The van der Waals surface area contributed by atoms with Crippen molar-refractivity contribution >= 4 is 39.8 Å². The van der Waals surface area contributed by atoms with Crippen LogP contribution in [-0.4, -0.2) is 18.4 Å². The van der Waals surface area contributed by atoms with Crippen LogP contribution in [0.15, 0.2) is 24.3 Å². The number of nitrogens with two attached hydrogens (primary N) is 1. The summed E-state index contributed by atoms with van der Waals surface area (Å²) in [5, 5.41) is 7.14. The van der Waals surface area contributed by atoms with E-state index in [1.165, 1.54) is 16.2 Å². The molecule has 0 fully saturated rings. The van der Waals surface area contributed by atoms with Gasteiger partial charge in [0.25, 0.3) is 5.91 Å². The minimum absolute atomic E-state index is 0.131. The van der Waals surface area contributed by atoms with Gasteiger partial charge < -0.3 is 16.4 Å². The molecule has 0 spiro atoms. The van der Waals surface area contributed by atoms with E-state index < -0.39 is 5.91 Å². The Bertz CT molecular complexity index is 804. The molecule has 1 aliphatic carbocycles. The first-order valence-corrected chi connectivity index (χ1v) is 9.44. The minimum Gasteiger partial charge on any atom is -0.365 e. The summed E-state index contributed by atoms with van der Waals surface area (Å²) in [5.74, 6) is -0.674. The molecule has 0 saturated heterocycles. The van der Waals surface area contributed by atoms with E-state index >= 15 is 0 Å². The van der Waals surface area contributed by atoms with Crippen LogP contribution >= 0.6 is 22.9 Å². The molecule has 25 heavy (non-hydrogen) atoms.